The number of hydrogen-bond acceptors (Lipinski definition) is 4. The zero-order valence-electron chi connectivity index (χ0n) is 12.6. The molecule has 7 heteroatoms. The first-order valence-electron chi connectivity index (χ1n) is 6.84. The molecule has 2 aromatic rings. The smallest absolute Gasteiger partial charge is 0.270 e. The molecule has 0 radical (unpaired) electrons. The molecule has 0 unspecified atom stereocenters. The first kappa shape index (κ1) is 17.4. The van der Waals surface area contributed by atoms with Gasteiger partial charge in [0.1, 0.15) is 11.6 Å². The molecular formula is C17H12BrN3O3. The van der Waals surface area contributed by atoms with Crippen molar-refractivity contribution in [2.45, 2.75) is 6.92 Å². The Kier molecular flexibility index (Phi) is 5.45. The molecule has 0 saturated carbocycles. The van der Waals surface area contributed by atoms with Gasteiger partial charge in [-0.15, -0.1) is 0 Å². The van der Waals surface area contributed by atoms with Crippen molar-refractivity contribution in [2.75, 3.05) is 5.32 Å². The number of nitro benzene ring substituents is 1. The summed E-state index contributed by atoms with van der Waals surface area (Å²) in [5, 5.41) is 22.5. The van der Waals surface area contributed by atoms with Gasteiger partial charge < -0.3 is 5.32 Å². The minimum absolute atomic E-state index is 0.0656. The predicted octanol–water partition coefficient (Wildman–Crippen LogP) is 4.21. The fourth-order valence-corrected chi connectivity index (χ4v) is 2.35. The van der Waals surface area contributed by atoms with E-state index in [9.17, 15) is 20.2 Å². The maximum absolute atomic E-state index is 12.2. The SMILES string of the molecule is Cc1ccc(/C=C(/C#N)C(=O)Nc2ccc([N+](=O)[O-])cc2Br)cc1. The van der Waals surface area contributed by atoms with Crippen LogP contribution in [0.3, 0.4) is 0 Å². The minimum Gasteiger partial charge on any atom is -0.320 e. The molecule has 6 nitrogen and oxygen atoms in total. The van der Waals surface area contributed by atoms with Gasteiger partial charge in [-0.25, -0.2) is 0 Å². The first-order chi connectivity index (χ1) is 11.4. The molecule has 1 amide bonds. The Balaban J connectivity index is 2.22. The van der Waals surface area contributed by atoms with Crippen LogP contribution < -0.4 is 5.32 Å². The van der Waals surface area contributed by atoms with E-state index in [1.54, 1.807) is 0 Å². The number of nitriles is 1. The standard InChI is InChI=1S/C17H12BrN3O3/c1-11-2-4-12(5-3-11)8-13(10-19)17(22)20-16-7-6-14(21(23)24)9-15(16)18/h2-9H,1H3,(H,20,22)/b13-8-. The van der Waals surface area contributed by atoms with Gasteiger partial charge in [-0.05, 0) is 40.6 Å². The van der Waals surface area contributed by atoms with Gasteiger partial charge in [-0.3, -0.25) is 14.9 Å². The fourth-order valence-electron chi connectivity index (χ4n) is 1.89. The number of benzene rings is 2. The summed E-state index contributed by atoms with van der Waals surface area (Å²) in [7, 11) is 0. The van der Waals surface area contributed by atoms with E-state index >= 15 is 0 Å². The molecule has 0 spiro atoms. The van der Waals surface area contributed by atoms with E-state index in [-0.39, 0.29) is 11.3 Å². The van der Waals surface area contributed by atoms with Gasteiger partial charge in [-0.1, -0.05) is 29.8 Å². The molecule has 0 aliphatic heterocycles. The Morgan fingerprint density at radius 1 is 1.29 bits per heavy atom. The van der Waals surface area contributed by atoms with Crippen LogP contribution >= 0.6 is 15.9 Å². The van der Waals surface area contributed by atoms with Gasteiger partial charge in [-0.2, -0.15) is 5.26 Å². The van der Waals surface area contributed by atoms with E-state index < -0.39 is 10.8 Å². The van der Waals surface area contributed by atoms with Crippen molar-refractivity contribution in [3.05, 3.63) is 73.8 Å². The van der Waals surface area contributed by atoms with Crippen LogP contribution in [-0.2, 0) is 4.79 Å². The second kappa shape index (κ2) is 7.53. The molecule has 120 valence electrons. The van der Waals surface area contributed by atoms with Gasteiger partial charge in [0.2, 0.25) is 0 Å². The van der Waals surface area contributed by atoms with Crippen LogP contribution in [0.1, 0.15) is 11.1 Å². The molecule has 0 saturated heterocycles. The highest BCUT2D eigenvalue weighted by Gasteiger charge is 2.14. The zero-order chi connectivity index (χ0) is 17.7. The van der Waals surface area contributed by atoms with Crippen LogP contribution in [0.25, 0.3) is 6.08 Å². The highest BCUT2D eigenvalue weighted by molar-refractivity contribution is 9.10. The lowest BCUT2D eigenvalue weighted by molar-refractivity contribution is -0.384. The molecule has 2 aromatic carbocycles. The zero-order valence-corrected chi connectivity index (χ0v) is 14.2. The Morgan fingerprint density at radius 2 is 1.96 bits per heavy atom. The highest BCUT2D eigenvalue weighted by Crippen LogP contribution is 2.27. The van der Waals surface area contributed by atoms with E-state index in [4.69, 9.17) is 0 Å². The average molecular weight is 386 g/mol. The van der Waals surface area contributed by atoms with E-state index in [2.05, 4.69) is 21.2 Å². The number of nitrogens with one attached hydrogen (secondary N) is 1. The number of anilines is 1. The monoisotopic (exact) mass is 385 g/mol. The maximum Gasteiger partial charge on any atom is 0.270 e. The lowest BCUT2D eigenvalue weighted by atomic mass is 10.1. The number of carbonyl (C=O) groups excluding carboxylic acids is 1. The van der Waals surface area contributed by atoms with Crippen molar-refractivity contribution >= 4 is 39.3 Å². The quantitative estimate of drug-likeness (QED) is 0.368. The van der Waals surface area contributed by atoms with Crippen molar-refractivity contribution in [1.29, 1.82) is 5.26 Å². The number of rotatable bonds is 4. The van der Waals surface area contributed by atoms with Crippen molar-refractivity contribution in [3.8, 4) is 6.07 Å². The van der Waals surface area contributed by atoms with Crippen LogP contribution in [0.4, 0.5) is 11.4 Å². The summed E-state index contributed by atoms with van der Waals surface area (Å²) in [4.78, 5) is 22.4. The molecule has 0 aliphatic carbocycles. The molecular weight excluding hydrogens is 374 g/mol. The Bertz CT molecular complexity index is 868. The Labute approximate surface area is 146 Å². The summed E-state index contributed by atoms with van der Waals surface area (Å²) < 4.78 is 0.359. The van der Waals surface area contributed by atoms with Gasteiger partial charge in [0.15, 0.2) is 0 Å². The van der Waals surface area contributed by atoms with Crippen molar-refractivity contribution in [2.24, 2.45) is 0 Å². The summed E-state index contributed by atoms with van der Waals surface area (Å²) in [6.45, 7) is 1.94. The number of hydrogen-bond donors (Lipinski definition) is 1. The number of nitro groups is 1. The van der Waals surface area contributed by atoms with Crippen LogP contribution in [0, 0.1) is 28.4 Å². The van der Waals surface area contributed by atoms with E-state index in [0.29, 0.717) is 10.2 Å². The van der Waals surface area contributed by atoms with Crippen molar-refractivity contribution in [1.82, 2.24) is 0 Å². The van der Waals surface area contributed by atoms with Gasteiger partial charge >= 0.3 is 0 Å². The minimum atomic E-state index is -0.590. The summed E-state index contributed by atoms with van der Waals surface area (Å²) in [5.74, 6) is -0.590. The fraction of sp³-hybridized carbons (Fsp3) is 0.0588. The number of aryl methyl sites for hydroxylation is 1. The third kappa shape index (κ3) is 4.27. The highest BCUT2D eigenvalue weighted by atomic mass is 79.9. The number of non-ortho nitro benzene ring substituents is 1. The van der Waals surface area contributed by atoms with E-state index in [1.165, 1.54) is 24.3 Å². The number of amides is 1. The molecule has 0 fully saturated rings. The lowest BCUT2D eigenvalue weighted by Crippen LogP contribution is -2.13. The topological polar surface area (TPSA) is 96.0 Å². The summed E-state index contributed by atoms with van der Waals surface area (Å²) in [5.41, 5.74) is 1.98. The predicted molar refractivity (Wildman–Crippen MR) is 94.2 cm³/mol. The van der Waals surface area contributed by atoms with Crippen LogP contribution in [0.5, 0.6) is 0 Å². The third-order valence-corrected chi connectivity index (χ3v) is 3.82. The van der Waals surface area contributed by atoms with E-state index in [0.717, 1.165) is 11.1 Å². The Morgan fingerprint density at radius 3 is 2.50 bits per heavy atom. The molecule has 24 heavy (non-hydrogen) atoms. The van der Waals surface area contributed by atoms with Crippen molar-refractivity contribution in [3.63, 3.8) is 0 Å². The maximum atomic E-state index is 12.2. The van der Waals surface area contributed by atoms with Crippen molar-refractivity contribution < 1.29 is 9.72 Å². The Hall–Kier alpha value is -2.98. The molecule has 0 atom stereocenters. The van der Waals surface area contributed by atoms with E-state index in [1.807, 2.05) is 37.3 Å². The normalized spacial score (nSPS) is 10.8. The summed E-state index contributed by atoms with van der Waals surface area (Å²) in [6, 6.07) is 13.2. The summed E-state index contributed by atoms with van der Waals surface area (Å²) in [6.07, 6.45) is 1.48. The van der Waals surface area contributed by atoms with Crippen LogP contribution in [-0.4, -0.2) is 10.8 Å². The van der Waals surface area contributed by atoms with Crippen LogP contribution in [0.2, 0.25) is 0 Å². The second-order valence-electron chi connectivity index (χ2n) is 4.96. The van der Waals surface area contributed by atoms with Gasteiger partial charge in [0, 0.05) is 16.6 Å². The number of halogens is 1. The average Bonchev–Trinajstić information content (AvgIpc) is 2.55. The second-order valence-corrected chi connectivity index (χ2v) is 5.81. The molecule has 1 N–H and O–H groups in total. The van der Waals surface area contributed by atoms with Crippen LogP contribution in [0.15, 0.2) is 52.5 Å². The molecule has 0 bridgehead atoms. The van der Waals surface area contributed by atoms with Gasteiger partial charge in [0.25, 0.3) is 11.6 Å². The number of nitrogens with zero attached hydrogens (tertiary/aromatic N) is 2. The largest absolute Gasteiger partial charge is 0.320 e. The summed E-state index contributed by atoms with van der Waals surface area (Å²) >= 11 is 3.17. The van der Waals surface area contributed by atoms with Gasteiger partial charge in [0.05, 0.1) is 10.6 Å². The molecule has 0 aromatic heterocycles. The molecule has 0 aliphatic rings. The molecule has 2 rings (SSSR count). The number of carbonyl (C=O) groups is 1. The lowest BCUT2D eigenvalue weighted by Gasteiger charge is -2.06. The first-order valence-corrected chi connectivity index (χ1v) is 7.64. The third-order valence-electron chi connectivity index (χ3n) is 3.17. The molecule has 0 heterocycles.